The number of hydrogen-bond donors (Lipinski definition) is 2. The molecule has 2 N–H and O–H groups in total. The van der Waals surface area contributed by atoms with E-state index in [2.05, 4.69) is 10.5 Å². The molecule has 1 aromatic rings. The van der Waals surface area contributed by atoms with E-state index in [-0.39, 0.29) is 12.5 Å². The smallest absolute Gasteiger partial charge is 0.276 e. The van der Waals surface area contributed by atoms with Gasteiger partial charge in [-0.25, -0.2) is 0 Å². The molecule has 2 heterocycles. The fourth-order valence-electron chi connectivity index (χ4n) is 2.20. The first kappa shape index (κ1) is 13.0. The van der Waals surface area contributed by atoms with Crippen LogP contribution in [-0.2, 0) is 0 Å². The van der Waals surface area contributed by atoms with Gasteiger partial charge in [-0.2, -0.15) is 0 Å². The largest absolute Gasteiger partial charge is 0.395 e. The molecule has 6 nitrogen and oxygen atoms in total. The first-order valence-corrected chi connectivity index (χ1v) is 6.27. The molecule has 0 radical (unpaired) electrons. The van der Waals surface area contributed by atoms with Crippen molar-refractivity contribution < 1.29 is 14.4 Å². The number of aryl methyl sites for hydroxylation is 1. The first-order valence-electron chi connectivity index (χ1n) is 6.27. The molecule has 0 aromatic carbocycles. The van der Waals surface area contributed by atoms with E-state index in [4.69, 9.17) is 9.63 Å². The number of hydrogen-bond acceptors (Lipinski definition) is 5. The van der Waals surface area contributed by atoms with Gasteiger partial charge < -0.3 is 19.8 Å². The molecule has 0 spiro atoms. The van der Waals surface area contributed by atoms with Crippen LogP contribution in [0.4, 0.5) is 0 Å². The molecular formula is C12H19N3O3. The van der Waals surface area contributed by atoms with Crippen molar-refractivity contribution >= 4 is 5.91 Å². The molecule has 1 fully saturated rings. The summed E-state index contributed by atoms with van der Waals surface area (Å²) in [7, 11) is 0. The topological polar surface area (TPSA) is 78.6 Å². The monoisotopic (exact) mass is 253 g/mol. The van der Waals surface area contributed by atoms with Gasteiger partial charge in [-0.15, -0.1) is 0 Å². The zero-order valence-corrected chi connectivity index (χ0v) is 10.6. The van der Waals surface area contributed by atoms with Crippen molar-refractivity contribution in [2.45, 2.75) is 25.8 Å². The quantitative estimate of drug-likeness (QED) is 0.782. The van der Waals surface area contributed by atoms with Crippen LogP contribution in [0.1, 0.15) is 29.1 Å². The molecule has 0 saturated carbocycles. The molecule has 6 heteroatoms. The van der Waals surface area contributed by atoms with E-state index in [0.29, 0.717) is 30.6 Å². The number of amides is 1. The van der Waals surface area contributed by atoms with Gasteiger partial charge in [0.1, 0.15) is 5.76 Å². The van der Waals surface area contributed by atoms with Crippen molar-refractivity contribution in [1.82, 2.24) is 15.4 Å². The molecule has 1 amide bonds. The van der Waals surface area contributed by atoms with Gasteiger partial charge in [-0.05, 0) is 26.3 Å². The second kappa shape index (κ2) is 5.97. The normalized spacial score (nSPS) is 19.1. The average molecular weight is 253 g/mol. The number of carbonyl (C=O) groups excluding carboxylic acids is 1. The minimum Gasteiger partial charge on any atom is -0.395 e. The Balaban J connectivity index is 2.01. The number of nitrogens with one attached hydrogen (secondary N) is 1. The number of aliphatic hydroxyl groups excluding tert-OH is 1. The Morgan fingerprint density at radius 1 is 1.72 bits per heavy atom. The Morgan fingerprint density at radius 3 is 3.11 bits per heavy atom. The van der Waals surface area contributed by atoms with Gasteiger partial charge >= 0.3 is 0 Å². The number of carbonyl (C=O) groups is 1. The van der Waals surface area contributed by atoms with Crippen molar-refractivity contribution in [3.63, 3.8) is 0 Å². The van der Waals surface area contributed by atoms with Crippen LogP contribution in [0.5, 0.6) is 0 Å². The Labute approximate surface area is 106 Å². The molecule has 1 atom stereocenters. The summed E-state index contributed by atoms with van der Waals surface area (Å²) in [6, 6.07) is 1.93. The van der Waals surface area contributed by atoms with Crippen LogP contribution in [-0.4, -0.2) is 53.4 Å². The third-order valence-electron chi connectivity index (χ3n) is 3.11. The van der Waals surface area contributed by atoms with Gasteiger partial charge in [-0.3, -0.25) is 4.79 Å². The molecular weight excluding hydrogens is 234 g/mol. The molecule has 2 rings (SSSR count). The van der Waals surface area contributed by atoms with Crippen LogP contribution in [0.15, 0.2) is 10.6 Å². The first-order chi connectivity index (χ1) is 8.70. The fourth-order valence-corrected chi connectivity index (χ4v) is 2.20. The van der Waals surface area contributed by atoms with Crippen molar-refractivity contribution in [3.05, 3.63) is 17.5 Å². The predicted octanol–water partition coefficient (Wildman–Crippen LogP) is 0.170. The molecule has 1 aromatic heterocycles. The number of rotatable bonds is 5. The van der Waals surface area contributed by atoms with Gasteiger partial charge in [0.25, 0.3) is 5.91 Å². The second-order valence-electron chi connectivity index (χ2n) is 4.59. The molecule has 1 saturated heterocycles. The van der Waals surface area contributed by atoms with E-state index in [1.54, 1.807) is 17.9 Å². The SMILES string of the molecule is Cc1cc(C(=O)N(CCO)CC2CCCN2)no1. The lowest BCUT2D eigenvalue weighted by Crippen LogP contribution is -2.42. The second-order valence-corrected chi connectivity index (χ2v) is 4.59. The van der Waals surface area contributed by atoms with E-state index >= 15 is 0 Å². The number of aliphatic hydroxyl groups is 1. The van der Waals surface area contributed by atoms with Crippen LogP contribution in [0.25, 0.3) is 0 Å². The van der Waals surface area contributed by atoms with E-state index in [0.717, 1.165) is 19.4 Å². The van der Waals surface area contributed by atoms with E-state index < -0.39 is 0 Å². The average Bonchev–Trinajstić information content (AvgIpc) is 2.99. The van der Waals surface area contributed by atoms with Crippen molar-refractivity contribution in [1.29, 1.82) is 0 Å². The maximum atomic E-state index is 12.2. The minimum atomic E-state index is -0.186. The third kappa shape index (κ3) is 3.08. The van der Waals surface area contributed by atoms with Crippen LogP contribution in [0.3, 0.4) is 0 Å². The lowest BCUT2D eigenvalue weighted by atomic mass is 10.2. The molecule has 0 bridgehead atoms. The molecule has 1 aliphatic rings. The van der Waals surface area contributed by atoms with E-state index in [1.165, 1.54) is 0 Å². The molecule has 0 aliphatic carbocycles. The number of nitrogens with zero attached hydrogens (tertiary/aromatic N) is 2. The Morgan fingerprint density at radius 2 is 2.56 bits per heavy atom. The van der Waals surface area contributed by atoms with Crippen molar-refractivity contribution in [2.75, 3.05) is 26.2 Å². The Kier molecular flexibility index (Phi) is 4.33. The summed E-state index contributed by atoms with van der Waals surface area (Å²) in [6.45, 7) is 3.62. The highest BCUT2D eigenvalue weighted by Crippen LogP contribution is 2.10. The van der Waals surface area contributed by atoms with Crippen LogP contribution in [0.2, 0.25) is 0 Å². The predicted molar refractivity (Wildman–Crippen MR) is 65.3 cm³/mol. The number of aromatic nitrogens is 1. The van der Waals surface area contributed by atoms with Crippen molar-refractivity contribution in [3.8, 4) is 0 Å². The van der Waals surface area contributed by atoms with Crippen LogP contribution in [0, 0.1) is 6.92 Å². The lowest BCUT2D eigenvalue weighted by molar-refractivity contribution is 0.0696. The highest BCUT2D eigenvalue weighted by atomic mass is 16.5. The highest BCUT2D eigenvalue weighted by Gasteiger charge is 2.23. The zero-order valence-electron chi connectivity index (χ0n) is 10.6. The lowest BCUT2D eigenvalue weighted by Gasteiger charge is -2.24. The van der Waals surface area contributed by atoms with E-state index in [1.807, 2.05) is 0 Å². The standard InChI is InChI=1S/C12H19N3O3/c1-9-7-11(14-18-9)12(17)15(5-6-16)8-10-3-2-4-13-10/h7,10,13,16H,2-6,8H2,1H3. The summed E-state index contributed by atoms with van der Waals surface area (Å²) < 4.78 is 4.91. The zero-order chi connectivity index (χ0) is 13.0. The molecule has 18 heavy (non-hydrogen) atoms. The van der Waals surface area contributed by atoms with Gasteiger partial charge in [-0.1, -0.05) is 5.16 Å². The molecule has 100 valence electrons. The summed E-state index contributed by atoms with van der Waals surface area (Å²) >= 11 is 0. The van der Waals surface area contributed by atoms with Gasteiger partial charge in [0.05, 0.1) is 6.61 Å². The van der Waals surface area contributed by atoms with Gasteiger partial charge in [0, 0.05) is 25.2 Å². The Hall–Kier alpha value is -1.40. The summed E-state index contributed by atoms with van der Waals surface area (Å²) in [6.07, 6.45) is 2.20. The summed E-state index contributed by atoms with van der Waals surface area (Å²) in [5, 5.41) is 16.1. The minimum absolute atomic E-state index is 0.0463. The Bertz CT molecular complexity index is 399. The van der Waals surface area contributed by atoms with Gasteiger partial charge in [0.2, 0.25) is 0 Å². The van der Waals surface area contributed by atoms with Crippen molar-refractivity contribution in [2.24, 2.45) is 0 Å². The highest BCUT2D eigenvalue weighted by molar-refractivity contribution is 5.92. The molecule has 1 unspecified atom stereocenters. The fraction of sp³-hybridized carbons (Fsp3) is 0.667. The summed E-state index contributed by atoms with van der Waals surface area (Å²) in [5.74, 6) is 0.427. The molecule has 1 aliphatic heterocycles. The van der Waals surface area contributed by atoms with E-state index in [9.17, 15) is 4.79 Å². The summed E-state index contributed by atoms with van der Waals surface area (Å²) in [4.78, 5) is 13.8. The maximum Gasteiger partial charge on any atom is 0.276 e. The van der Waals surface area contributed by atoms with Crippen LogP contribution >= 0.6 is 0 Å². The maximum absolute atomic E-state index is 12.2. The summed E-state index contributed by atoms with van der Waals surface area (Å²) in [5.41, 5.74) is 0.305. The third-order valence-corrected chi connectivity index (χ3v) is 3.11. The van der Waals surface area contributed by atoms with Gasteiger partial charge in [0.15, 0.2) is 5.69 Å². The van der Waals surface area contributed by atoms with Crippen LogP contribution < -0.4 is 5.32 Å².